The Balaban J connectivity index is 1.96. The molecule has 2 heterocycles. The van der Waals surface area contributed by atoms with Crippen LogP contribution < -0.4 is 0 Å². The molecule has 0 aromatic carbocycles. The summed E-state index contributed by atoms with van der Waals surface area (Å²) in [5, 5.41) is 0.301. The number of carbonyl (C=O) groups is 1. The minimum absolute atomic E-state index is 0.254. The fraction of sp³-hybridized carbons (Fsp3) is 0.500. The van der Waals surface area contributed by atoms with Gasteiger partial charge in [0, 0.05) is 19.0 Å². The summed E-state index contributed by atoms with van der Waals surface area (Å²) in [5.74, 6) is -0.436. The highest BCUT2D eigenvalue weighted by atomic mass is 35.5. The maximum absolute atomic E-state index is 11.8. The third kappa shape index (κ3) is 2.96. The zero-order valence-corrected chi connectivity index (χ0v) is 10.4. The van der Waals surface area contributed by atoms with Crippen LogP contribution >= 0.6 is 11.6 Å². The fourth-order valence-electron chi connectivity index (χ4n) is 1.79. The van der Waals surface area contributed by atoms with Crippen molar-refractivity contribution in [1.29, 1.82) is 0 Å². The Morgan fingerprint density at radius 2 is 2.53 bits per heavy atom. The fourth-order valence-corrected chi connectivity index (χ4v) is 1.98. The summed E-state index contributed by atoms with van der Waals surface area (Å²) in [4.78, 5) is 15.6. The third-order valence-corrected chi connectivity index (χ3v) is 3.10. The molecular weight excluding hydrogens is 242 g/mol. The largest absolute Gasteiger partial charge is 0.459 e. The van der Waals surface area contributed by atoms with E-state index in [1.54, 1.807) is 6.07 Å². The number of halogens is 1. The SMILES string of the molecule is CC1(COC(=O)c2ccncc2Cl)CCCO1. The van der Waals surface area contributed by atoms with E-state index in [0.29, 0.717) is 10.6 Å². The van der Waals surface area contributed by atoms with Crippen molar-refractivity contribution in [1.82, 2.24) is 4.98 Å². The first kappa shape index (κ1) is 12.3. The molecule has 1 atom stereocenters. The van der Waals surface area contributed by atoms with E-state index in [1.165, 1.54) is 12.4 Å². The van der Waals surface area contributed by atoms with Crippen molar-refractivity contribution in [3.63, 3.8) is 0 Å². The van der Waals surface area contributed by atoms with E-state index in [0.717, 1.165) is 19.4 Å². The van der Waals surface area contributed by atoms with Gasteiger partial charge in [-0.15, -0.1) is 0 Å². The Bertz CT molecular complexity index is 416. The maximum Gasteiger partial charge on any atom is 0.339 e. The summed E-state index contributed by atoms with van der Waals surface area (Å²) in [6.45, 7) is 2.93. The van der Waals surface area contributed by atoms with E-state index >= 15 is 0 Å². The molecule has 1 aromatic rings. The van der Waals surface area contributed by atoms with Crippen molar-refractivity contribution in [3.05, 3.63) is 29.0 Å². The number of aromatic nitrogens is 1. The summed E-state index contributed by atoms with van der Waals surface area (Å²) in [5.41, 5.74) is -0.0157. The molecule has 17 heavy (non-hydrogen) atoms. The van der Waals surface area contributed by atoms with E-state index in [4.69, 9.17) is 21.1 Å². The average molecular weight is 256 g/mol. The number of pyridine rings is 1. The van der Waals surface area contributed by atoms with Gasteiger partial charge < -0.3 is 9.47 Å². The minimum Gasteiger partial charge on any atom is -0.459 e. The number of nitrogens with zero attached hydrogens (tertiary/aromatic N) is 1. The summed E-state index contributed by atoms with van der Waals surface area (Å²) >= 11 is 5.85. The number of ether oxygens (including phenoxy) is 2. The lowest BCUT2D eigenvalue weighted by molar-refractivity contribution is -0.0378. The summed E-state index contributed by atoms with van der Waals surface area (Å²) in [6.07, 6.45) is 4.84. The van der Waals surface area contributed by atoms with Gasteiger partial charge in [0.2, 0.25) is 0 Å². The Morgan fingerprint density at radius 1 is 1.71 bits per heavy atom. The first-order chi connectivity index (χ1) is 8.11. The predicted octanol–water partition coefficient (Wildman–Crippen LogP) is 2.46. The van der Waals surface area contributed by atoms with Crippen LogP contribution in [0.1, 0.15) is 30.1 Å². The molecule has 92 valence electrons. The monoisotopic (exact) mass is 255 g/mol. The van der Waals surface area contributed by atoms with Crippen molar-refractivity contribution >= 4 is 17.6 Å². The Labute approximate surface area is 105 Å². The molecule has 0 spiro atoms. The Hall–Kier alpha value is -1.13. The molecule has 1 unspecified atom stereocenters. The predicted molar refractivity (Wildman–Crippen MR) is 63.1 cm³/mol. The molecule has 0 amide bonds. The van der Waals surface area contributed by atoms with Gasteiger partial charge in [0.05, 0.1) is 16.2 Å². The zero-order chi connectivity index (χ0) is 12.3. The molecule has 0 N–H and O–H groups in total. The van der Waals surface area contributed by atoms with E-state index in [2.05, 4.69) is 4.98 Å². The molecule has 0 saturated carbocycles. The second-order valence-corrected chi connectivity index (χ2v) is 4.74. The van der Waals surface area contributed by atoms with Gasteiger partial charge in [0.25, 0.3) is 0 Å². The molecule has 4 nitrogen and oxygen atoms in total. The number of hydrogen-bond acceptors (Lipinski definition) is 4. The van der Waals surface area contributed by atoms with Crippen LogP contribution in [0.3, 0.4) is 0 Å². The lowest BCUT2D eigenvalue weighted by Gasteiger charge is -2.22. The van der Waals surface area contributed by atoms with E-state index in [1.807, 2.05) is 6.92 Å². The Kier molecular flexibility index (Phi) is 3.64. The van der Waals surface area contributed by atoms with Gasteiger partial charge >= 0.3 is 5.97 Å². The van der Waals surface area contributed by atoms with Crippen molar-refractivity contribution in [2.75, 3.05) is 13.2 Å². The summed E-state index contributed by atoms with van der Waals surface area (Å²) in [7, 11) is 0. The van der Waals surface area contributed by atoms with E-state index < -0.39 is 5.97 Å². The number of hydrogen-bond donors (Lipinski definition) is 0. The molecule has 1 aliphatic rings. The standard InChI is InChI=1S/C12H14ClNO3/c1-12(4-2-6-17-12)8-16-11(15)9-3-5-14-7-10(9)13/h3,5,7H,2,4,6,8H2,1H3. The second-order valence-electron chi connectivity index (χ2n) is 4.33. The highest BCUT2D eigenvalue weighted by Gasteiger charge is 2.31. The van der Waals surface area contributed by atoms with Gasteiger partial charge in [-0.2, -0.15) is 0 Å². The first-order valence-corrected chi connectivity index (χ1v) is 5.89. The van der Waals surface area contributed by atoms with Gasteiger partial charge in [-0.1, -0.05) is 11.6 Å². The normalized spacial score (nSPS) is 23.6. The van der Waals surface area contributed by atoms with Crippen molar-refractivity contribution in [2.45, 2.75) is 25.4 Å². The van der Waals surface area contributed by atoms with Gasteiger partial charge in [0.15, 0.2) is 0 Å². The molecule has 0 radical (unpaired) electrons. The molecule has 5 heteroatoms. The van der Waals surface area contributed by atoms with Crippen LogP contribution in [0.5, 0.6) is 0 Å². The van der Waals surface area contributed by atoms with Crippen LogP contribution in [0.25, 0.3) is 0 Å². The van der Waals surface area contributed by atoms with Crippen molar-refractivity contribution in [2.24, 2.45) is 0 Å². The number of esters is 1. The van der Waals surface area contributed by atoms with Gasteiger partial charge in [-0.05, 0) is 25.8 Å². The van der Waals surface area contributed by atoms with Crippen LogP contribution in [0, 0.1) is 0 Å². The molecule has 0 aliphatic carbocycles. The zero-order valence-electron chi connectivity index (χ0n) is 9.61. The van der Waals surface area contributed by atoms with Gasteiger partial charge in [-0.3, -0.25) is 4.98 Å². The molecular formula is C12H14ClNO3. The summed E-state index contributed by atoms with van der Waals surface area (Å²) < 4.78 is 10.8. The topological polar surface area (TPSA) is 48.4 Å². The molecule has 1 aromatic heterocycles. The summed E-state index contributed by atoms with van der Waals surface area (Å²) in [6, 6.07) is 1.54. The van der Waals surface area contributed by atoms with Crippen LogP contribution in [0.2, 0.25) is 5.02 Å². The van der Waals surface area contributed by atoms with Crippen molar-refractivity contribution in [3.8, 4) is 0 Å². The van der Waals surface area contributed by atoms with Crippen LogP contribution in [-0.2, 0) is 9.47 Å². The quantitative estimate of drug-likeness (QED) is 0.779. The second kappa shape index (κ2) is 5.02. The third-order valence-electron chi connectivity index (χ3n) is 2.80. The smallest absolute Gasteiger partial charge is 0.339 e. The highest BCUT2D eigenvalue weighted by Crippen LogP contribution is 2.25. The van der Waals surface area contributed by atoms with Gasteiger partial charge in [0.1, 0.15) is 6.61 Å². The van der Waals surface area contributed by atoms with E-state index in [9.17, 15) is 4.79 Å². The molecule has 1 saturated heterocycles. The first-order valence-electron chi connectivity index (χ1n) is 5.51. The van der Waals surface area contributed by atoms with Crippen LogP contribution in [0.15, 0.2) is 18.5 Å². The highest BCUT2D eigenvalue weighted by molar-refractivity contribution is 6.33. The van der Waals surface area contributed by atoms with Crippen molar-refractivity contribution < 1.29 is 14.3 Å². The molecule has 1 aliphatic heterocycles. The lowest BCUT2D eigenvalue weighted by Crippen LogP contribution is -2.31. The Morgan fingerprint density at radius 3 is 3.18 bits per heavy atom. The lowest BCUT2D eigenvalue weighted by atomic mass is 10.0. The number of carbonyl (C=O) groups excluding carboxylic acids is 1. The van der Waals surface area contributed by atoms with Crippen LogP contribution in [0.4, 0.5) is 0 Å². The molecule has 0 bridgehead atoms. The average Bonchev–Trinajstić information content (AvgIpc) is 2.74. The van der Waals surface area contributed by atoms with Crippen LogP contribution in [-0.4, -0.2) is 29.8 Å². The molecule has 1 fully saturated rings. The van der Waals surface area contributed by atoms with E-state index in [-0.39, 0.29) is 12.2 Å². The minimum atomic E-state index is -0.436. The number of rotatable bonds is 3. The van der Waals surface area contributed by atoms with Gasteiger partial charge in [-0.25, -0.2) is 4.79 Å². The maximum atomic E-state index is 11.8. The molecule has 2 rings (SSSR count).